The molecule has 0 radical (unpaired) electrons. The fourth-order valence-corrected chi connectivity index (χ4v) is 3.32. The van der Waals surface area contributed by atoms with Gasteiger partial charge in [0.2, 0.25) is 11.6 Å². The molecule has 2 heterocycles. The van der Waals surface area contributed by atoms with Gasteiger partial charge in [-0.15, -0.1) is 0 Å². The Balaban J connectivity index is 2.10. The van der Waals surface area contributed by atoms with Crippen LogP contribution in [-0.4, -0.2) is 42.0 Å². The summed E-state index contributed by atoms with van der Waals surface area (Å²) < 4.78 is 40.2. The van der Waals surface area contributed by atoms with Gasteiger partial charge in [0.05, 0.1) is 7.11 Å². The van der Waals surface area contributed by atoms with Crippen LogP contribution in [-0.2, 0) is 10.2 Å². The van der Waals surface area contributed by atoms with E-state index in [-0.39, 0.29) is 34.9 Å². The van der Waals surface area contributed by atoms with Crippen molar-refractivity contribution in [3.05, 3.63) is 47.9 Å². The molecule has 0 fully saturated rings. The summed E-state index contributed by atoms with van der Waals surface area (Å²) in [6.07, 6.45) is 3.00. The molecule has 12 heteroatoms. The van der Waals surface area contributed by atoms with E-state index in [9.17, 15) is 8.42 Å². The fraction of sp³-hybridized carbons (Fsp3) is 0.176. The Labute approximate surface area is 172 Å². The van der Waals surface area contributed by atoms with E-state index in [0.29, 0.717) is 11.5 Å². The van der Waals surface area contributed by atoms with Crippen LogP contribution >= 0.6 is 11.6 Å². The average molecular weight is 437 g/mol. The molecule has 152 valence electrons. The maximum absolute atomic E-state index is 12.2. The van der Waals surface area contributed by atoms with E-state index in [0.717, 1.165) is 0 Å². The normalized spacial score (nSPS) is 11.1. The second-order valence-electron chi connectivity index (χ2n) is 5.44. The molecule has 0 bridgehead atoms. The van der Waals surface area contributed by atoms with E-state index in [1.165, 1.54) is 19.5 Å². The van der Waals surface area contributed by atoms with E-state index in [1.54, 1.807) is 37.3 Å². The van der Waals surface area contributed by atoms with Gasteiger partial charge >= 0.3 is 0 Å². The van der Waals surface area contributed by atoms with Gasteiger partial charge in [-0.05, 0) is 18.2 Å². The van der Waals surface area contributed by atoms with E-state index in [4.69, 9.17) is 21.1 Å². The Morgan fingerprint density at radius 1 is 1.03 bits per heavy atom. The van der Waals surface area contributed by atoms with Crippen molar-refractivity contribution in [3.63, 3.8) is 0 Å². The lowest BCUT2D eigenvalue weighted by Gasteiger charge is -2.15. The lowest BCUT2D eigenvalue weighted by atomic mass is 10.3. The Hall–Kier alpha value is -3.02. The third-order valence-corrected chi connectivity index (χ3v) is 4.82. The van der Waals surface area contributed by atoms with Gasteiger partial charge in [0.15, 0.2) is 28.3 Å². The number of halogens is 1. The zero-order valence-corrected chi connectivity index (χ0v) is 17.0. The van der Waals surface area contributed by atoms with Gasteiger partial charge < -0.3 is 9.47 Å². The molecule has 0 spiro atoms. The molecule has 0 aliphatic carbocycles. The highest BCUT2D eigenvalue weighted by atomic mass is 35.5. The number of para-hydroxylation sites is 2. The first kappa shape index (κ1) is 20.7. The summed E-state index contributed by atoms with van der Waals surface area (Å²) in [5, 5.41) is -0.137. The largest absolute Gasteiger partial charge is 0.493 e. The fourth-order valence-electron chi connectivity index (χ4n) is 2.26. The molecule has 1 aromatic carbocycles. The van der Waals surface area contributed by atoms with Gasteiger partial charge in [-0.2, -0.15) is 13.1 Å². The third-order valence-electron chi connectivity index (χ3n) is 3.44. The summed E-state index contributed by atoms with van der Waals surface area (Å²) in [5.74, 6) is 0.628. The molecule has 10 nitrogen and oxygen atoms in total. The zero-order valence-electron chi connectivity index (χ0n) is 15.5. The van der Waals surface area contributed by atoms with Gasteiger partial charge in [0, 0.05) is 18.9 Å². The van der Waals surface area contributed by atoms with Crippen LogP contribution in [0, 0.1) is 0 Å². The second kappa shape index (κ2) is 8.99. The summed E-state index contributed by atoms with van der Waals surface area (Å²) in [4.78, 5) is 16.5. The number of hydrogen-bond acceptors (Lipinski definition) is 8. The van der Waals surface area contributed by atoms with Crippen molar-refractivity contribution in [2.75, 3.05) is 18.4 Å². The topological polar surface area (TPSA) is 128 Å². The minimum atomic E-state index is -3.93. The van der Waals surface area contributed by atoms with Crippen molar-refractivity contribution < 1.29 is 17.9 Å². The minimum absolute atomic E-state index is 0.0252. The monoisotopic (exact) mass is 436 g/mol. The third kappa shape index (κ3) is 5.08. The highest BCUT2D eigenvalue weighted by molar-refractivity contribution is 7.90. The molecule has 0 atom stereocenters. The smallest absolute Gasteiger partial charge is 0.300 e. The Bertz CT molecular complexity index is 1100. The average Bonchev–Trinajstić information content (AvgIpc) is 2.71. The minimum Gasteiger partial charge on any atom is -0.493 e. The van der Waals surface area contributed by atoms with Gasteiger partial charge in [0.1, 0.15) is 0 Å². The van der Waals surface area contributed by atoms with Crippen LogP contribution in [0.3, 0.4) is 0 Å². The van der Waals surface area contributed by atoms with Crippen molar-refractivity contribution >= 4 is 27.6 Å². The number of nitrogens with one attached hydrogen (secondary N) is 2. The molecule has 0 amide bonds. The van der Waals surface area contributed by atoms with Crippen LogP contribution in [0.1, 0.15) is 6.92 Å². The molecule has 0 unspecified atom stereocenters. The van der Waals surface area contributed by atoms with Crippen LogP contribution in [0.2, 0.25) is 5.15 Å². The predicted octanol–water partition coefficient (Wildman–Crippen LogP) is 2.65. The second-order valence-corrected chi connectivity index (χ2v) is 7.30. The molecule has 0 saturated heterocycles. The summed E-state index contributed by atoms with van der Waals surface area (Å²) >= 11 is 6.31. The molecule has 2 aromatic heterocycles. The lowest BCUT2D eigenvalue weighted by Crippen LogP contribution is -2.30. The van der Waals surface area contributed by atoms with Crippen molar-refractivity contribution in [3.8, 4) is 28.9 Å². The molecular formula is C17H17ClN6O4S. The van der Waals surface area contributed by atoms with E-state index in [1.807, 2.05) is 0 Å². The summed E-state index contributed by atoms with van der Waals surface area (Å²) in [5.41, 5.74) is 0. The number of benzene rings is 1. The van der Waals surface area contributed by atoms with Crippen LogP contribution < -0.4 is 18.9 Å². The van der Waals surface area contributed by atoms with Crippen molar-refractivity contribution in [1.82, 2.24) is 24.7 Å². The number of hydrogen-bond donors (Lipinski definition) is 2. The number of nitrogens with zero attached hydrogens (tertiary/aromatic N) is 4. The number of anilines is 1. The molecule has 0 saturated carbocycles. The van der Waals surface area contributed by atoms with Gasteiger partial charge in [0.25, 0.3) is 10.2 Å². The zero-order chi connectivity index (χ0) is 20.9. The standard InChI is InChI=1S/C17H17ClN6O4S/c1-3-21-29(25,26)24-15-13(28-12-8-5-4-7-11(12)27-2)14(18)22-17(23-15)16-19-9-6-10-20-16/h4-10,21H,3H2,1-2H3,(H,22,23,24). The SMILES string of the molecule is CCNS(=O)(=O)Nc1nc(-c2ncccn2)nc(Cl)c1Oc1ccccc1OC. The maximum Gasteiger partial charge on any atom is 0.300 e. The van der Waals surface area contributed by atoms with E-state index >= 15 is 0 Å². The van der Waals surface area contributed by atoms with E-state index < -0.39 is 10.2 Å². The predicted molar refractivity (Wildman–Crippen MR) is 107 cm³/mol. The van der Waals surface area contributed by atoms with Crippen molar-refractivity contribution in [2.45, 2.75) is 6.92 Å². The highest BCUT2D eigenvalue weighted by Crippen LogP contribution is 2.39. The van der Waals surface area contributed by atoms with Crippen molar-refractivity contribution in [2.24, 2.45) is 0 Å². The van der Waals surface area contributed by atoms with Crippen LogP contribution in [0.5, 0.6) is 17.2 Å². The molecule has 2 N–H and O–H groups in total. The lowest BCUT2D eigenvalue weighted by molar-refractivity contribution is 0.378. The summed E-state index contributed by atoms with van der Waals surface area (Å²) in [7, 11) is -2.45. The molecule has 0 aliphatic rings. The number of aromatic nitrogens is 4. The first-order valence-electron chi connectivity index (χ1n) is 8.36. The van der Waals surface area contributed by atoms with Crippen LogP contribution in [0.4, 0.5) is 5.82 Å². The number of methoxy groups -OCH3 is 1. The van der Waals surface area contributed by atoms with Crippen molar-refractivity contribution in [1.29, 1.82) is 0 Å². The highest BCUT2D eigenvalue weighted by Gasteiger charge is 2.22. The molecule has 0 aliphatic heterocycles. The first-order valence-corrected chi connectivity index (χ1v) is 10.2. The Kier molecular flexibility index (Phi) is 6.42. The quantitative estimate of drug-likeness (QED) is 0.515. The molecule has 29 heavy (non-hydrogen) atoms. The first-order chi connectivity index (χ1) is 13.9. The Morgan fingerprint density at radius 2 is 1.72 bits per heavy atom. The maximum atomic E-state index is 12.2. The Morgan fingerprint density at radius 3 is 2.38 bits per heavy atom. The van der Waals surface area contributed by atoms with Gasteiger partial charge in [-0.1, -0.05) is 30.7 Å². The molecular weight excluding hydrogens is 420 g/mol. The van der Waals surface area contributed by atoms with Gasteiger partial charge in [-0.25, -0.2) is 19.9 Å². The molecule has 3 rings (SSSR count). The van der Waals surface area contributed by atoms with E-state index in [2.05, 4.69) is 29.4 Å². The van der Waals surface area contributed by atoms with Gasteiger partial charge in [-0.3, -0.25) is 4.72 Å². The number of rotatable bonds is 8. The summed E-state index contributed by atoms with van der Waals surface area (Å²) in [6, 6.07) is 8.42. The van der Waals surface area contributed by atoms with Crippen LogP contribution in [0.25, 0.3) is 11.6 Å². The number of ether oxygens (including phenoxy) is 2. The van der Waals surface area contributed by atoms with Crippen LogP contribution in [0.15, 0.2) is 42.7 Å². The molecule has 3 aromatic rings. The summed E-state index contributed by atoms with van der Waals surface area (Å²) in [6.45, 7) is 1.81.